The van der Waals surface area contributed by atoms with Crippen LogP contribution in [0.5, 0.6) is 0 Å². The van der Waals surface area contributed by atoms with Crippen LogP contribution in [0.1, 0.15) is 56.6 Å². The van der Waals surface area contributed by atoms with Crippen LogP contribution in [0.15, 0.2) is 42.9 Å². The Bertz CT molecular complexity index is 1570. The Balaban J connectivity index is 1.38. The number of aryl methyl sites for hydroxylation is 1. The minimum atomic E-state index is -0.545. The summed E-state index contributed by atoms with van der Waals surface area (Å²) in [5, 5.41) is 12.2. The highest BCUT2D eigenvalue weighted by Crippen LogP contribution is 2.32. The number of hydrogen-bond acceptors (Lipinski definition) is 7. The van der Waals surface area contributed by atoms with Crippen LogP contribution in [-0.2, 0) is 4.74 Å². The molecule has 1 fully saturated rings. The second-order valence-electron chi connectivity index (χ2n) is 11.0. The fourth-order valence-corrected chi connectivity index (χ4v) is 5.16. The van der Waals surface area contributed by atoms with Gasteiger partial charge in [-0.15, -0.1) is 5.10 Å². The number of carbonyl (C=O) groups is 2. The van der Waals surface area contributed by atoms with Crippen molar-refractivity contribution in [1.82, 2.24) is 24.9 Å². The monoisotopic (exact) mass is 547 g/mol. The molecule has 0 unspecified atom stereocenters. The predicted octanol–water partition coefficient (Wildman–Crippen LogP) is 4.89. The average Bonchev–Trinajstić information content (AvgIpc) is 3.28. The van der Waals surface area contributed by atoms with Crippen LogP contribution in [0.2, 0.25) is 0 Å². The predicted molar refractivity (Wildman–Crippen MR) is 151 cm³/mol. The molecule has 11 heteroatoms. The first-order valence-electron chi connectivity index (χ1n) is 13.5. The maximum absolute atomic E-state index is 14.8. The number of nitrogens with zero attached hydrogens (tertiary/aromatic N) is 6. The fourth-order valence-electron chi connectivity index (χ4n) is 5.16. The van der Waals surface area contributed by atoms with Crippen LogP contribution in [0.4, 0.5) is 20.6 Å². The van der Waals surface area contributed by atoms with Crippen molar-refractivity contribution in [2.24, 2.45) is 0 Å². The molecule has 4 heterocycles. The van der Waals surface area contributed by atoms with Crippen molar-refractivity contribution in [2.45, 2.75) is 59.1 Å². The number of halogens is 1. The zero-order valence-corrected chi connectivity index (χ0v) is 23.4. The van der Waals surface area contributed by atoms with Crippen molar-refractivity contribution in [3.05, 3.63) is 59.9 Å². The summed E-state index contributed by atoms with van der Waals surface area (Å²) in [5.74, 6) is -0.795. The zero-order valence-electron chi connectivity index (χ0n) is 23.4. The Kier molecular flexibility index (Phi) is 7.31. The second kappa shape index (κ2) is 10.7. The van der Waals surface area contributed by atoms with Crippen LogP contribution in [0.3, 0.4) is 0 Å². The molecule has 1 aliphatic rings. The number of piperidine rings is 1. The van der Waals surface area contributed by atoms with Gasteiger partial charge in [-0.1, -0.05) is 0 Å². The first kappa shape index (κ1) is 27.3. The number of imidazole rings is 1. The third-order valence-electron chi connectivity index (χ3n) is 6.93. The number of amides is 2. The average molecular weight is 548 g/mol. The van der Waals surface area contributed by atoms with E-state index in [4.69, 9.17) is 4.74 Å². The maximum atomic E-state index is 14.8. The third kappa shape index (κ3) is 5.54. The summed E-state index contributed by atoms with van der Waals surface area (Å²) in [6.45, 7) is 10.9. The van der Waals surface area contributed by atoms with E-state index in [1.165, 1.54) is 11.0 Å². The number of alkyl carbamates (subject to hydrolysis) is 1. The Labute approximate surface area is 232 Å². The number of anilines is 2. The van der Waals surface area contributed by atoms with Crippen LogP contribution in [0.25, 0.3) is 16.6 Å². The molecular formula is C29H34FN7O3. The Morgan fingerprint density at radius 2 is 1.93 bits per heavy atom. The molecule has 0 atom stereocenters. The maximum Gasteiger partial charge on any atom is 0.407 e. The van der Waals surface area contributed by atoms with E-state index in [-0.39, 0.29) is 17.6 Å². The molecule has 10 nitrogen and oxygen atoms in total. The van der Waals surface area contributed by atoms with E-state index < -0.39 is 17.5 Å². The van der Waals surface area contributed by atoms with Gasteiger partial charge in [-0.25, -0.2) is 14.2 Å². The lowest BCUT2D eigenvalue weighted by Gasteiger charge is -2.35. The highest BCUT2D eigenvalue weighted by atomic mass is 19.1. The standard InChI is InChI=1S/C29H34FN7O3/c1-6-37(20-15-23(30)26-32-18(2)16-36(26)17-20)27(38)22-7-8-24(21-9-12-31-34-25(21)22)35-13-10-19(11-14-35)33-28(39)40-29(3,4)5/h7-9,12,15-17,19H,6,10-11,13-14H2,1-5H3,(H,33,39). The van der Waals surface area contributed by atoms with Gasteiger partial charge in [-0.2, -0.15) is 5.10 Å². The third-order valence-corrected chi connectivity index (χ3v) is 6.93. The summed E-state index contributed by atoms with van der Waals surface area (Å²) in [7, 11) is 0. The first-order valence-corrected chi connectivity index (χ1v) is 13.5. The van der Waals surface area contributed by atoms with Crippen LogP contribution >= 0.6 is 0 Å². The second-order valence-corrected chi connectivity index (χ2v) is 11.0. The van der Waals surface area contributed by atoms with Crippen LogP contribution in [0, 0.1) is 12.7 Å². The lowest BCUT2D eigenvalue weighted by Crippen LogP contribution is -2.46. The number of pyridine rings is 1. The van der Waals surface area contributed by atoms with Crippen LogP contribution < -0.4 is 15.1 Å². The number of fused-ring (bicyclic) bond motifs is 2. The summed E-state index contributed by atoms with van der Waals surface area (Å²) in [5.41, 5.74) is 2.60. The summed E-state index contributed by atoms with van der Waals surface area (Å²) in [6, 6.07) is 6.90. The number of ether oxygens (including phenoxy) is 1. The molecule has 0 radical (unpaired) electrons. The smallest absolute Gasteiger partial charge is 0.407 e. The molecule has 1 aromatic carbocycles. The van der Waals surface area contributed by atoms with E-state index in [0.717, 1.165) is 37.0 Å². The van der Waals surface area contributed by atoms with Crippen molar-refractivity contribution < 1.29 is 18.7 Å². The largest absolute Gasteiger partial charge is 0.444 e. The van der Waals surface area contributed by atoms with E-state index in [1.807, 2.05) is 39.8 Å². The topological polar surface area (TPSA) is 105 Å². The molecule has 1 N–H and O–H groups in total. The number of benzene rings is 1. The molecule has 4 aromatic rings. The van der Waals surface area contributed by atoms with Gasteiger partial charge in [0.1, 0.15) is 11.1 Å². The minimum absolute atomic E-state index is 0.0214. The number of aromatic nitrogens is 4. The van der Waals surface area contributed by atoms with Gasteiger partial charge in [-0.3, -0.25) is 4.79 Å². The Morgan fingerprint density at radius 1 is 1.18 bits per heavy atom. The van der Waals surface area contributed by atoms with Gasteiger partial charge in [0.05, 0.1) is 23.1 Å². The zero-order chi connectivity index (χ0) is 28.6. The van der Waals surface area contributed by atoms with E-state index in [1.54, 1.807) is 36.0 Å². The van der Waals surface area contributed by atoms with E-state index in [0.29, 0.717) is 29.0 Å². The van der Waals surface area contributed by atoms with Gasteiger partial charge >= 0.3 is 6.09 Å². The molecular weight excluding hydrogens is 513 g/mol. The first-order chi connectivity index (χ1) is 19.0. The normalized spacial score (nSPS) is 14.5. The molecule has 2 amide bonds. The van der Waals surface area contributed by atoms with E-state index in [9.17, 15) is 14.0 Å². The SMILES string of the molecule is CCN(C(=O)c1ccc(N2CCC(NC(=O)OC(C)(C)C)CC2)c2ccnnc12)c1cc(F)c2nc(C)cn2c1. The summed E-state index contributed by atoms with van der Waals surface area (Å²) < 4.78 is 21.8. The lowest BCUT2D eigenvalue weighted by molar-refractivity contribution is 0.0497. The molecule has 1 saturated heterocycles. The summed E-state index contributed by atoms with van der Waals surface area (Å²) in [4.78, 5) is 34.0. The highest BCUT2D eigenvalue weighted by Gasteiger charge is 2.27. The lowest BCUT2D eigenvalue weighted by atomic mass is 10.0. The Hall–Kier alpha value is -4.28. The van der Waals surface area contributed by atoms with Gasteiger partial charge in [0.25, 0.3) is 5.91 Å². The Morgan fingerprint density at radius 3 is 2.62 bits per heavy atom. The molecule has 0 saturated carbocycles. The fraction of sp³-hybridized carbons (Fsp3) is 0.414. The van der Waals surface area contributed by atoms with Crippen molar-refractivity contribution in [1.29, 1.82) is 0 Å². The van der Waals surface area contributed by atoms with Gasteiger partial charge in [0.2, 0.25) is 0 Å². The molecule has 0 aliphatic carbocycles. The molecule has 3 aromatic heterocycles. The number of rotatable bonds is 5. The number of carbonyl (C=O) groups excluding carboxylic acids is 2. The van der Waals surface area contributed by atoms with Gasteiger partial charge in [0.15, 0.2) is 11.5 Å². The van der Waals surface area contributed by atoms with Crippen LogP contribution in [-0.4, -0.2) is 62.9 Å². The number of nitrogens with one attached hydrogen (secondary N) is 1. The summed E-state index contributed by atoms with van der Waals surface area (Å²) >= 11 is 0. The van der Waals surface area contributed by atoms with E-state index in [2.05, 4.69) is 25.4 Å². The van der Waals surface area contributed by atoms with Gasteiger partial charge in [-0.05, 0) is 65.7 Å². The van der Waals surface area contributed by atoms with Crippen molar-refractivity contribution in [3.63, 3.8) is 0 Å². The van der Waals surface area contributed by atoms with Crippen molar-refractivity contribution >= 4 is 39.9 Å². The molecule has 0 spiro atoms. The molecule has 1 aliphatic heterocycles. The number of hydrogen-bond donors (Lipinski definition) is 1. The highest BCUT2D eigenvalue weighted by molar-refractivity contribution is 6.14. The van der Waals surface area contributed by atoms with Gasteiger partial charge in [0, 0.05) is 55.2 Å². The summed E-state index contributed by atoms with van der Waals surface area (Å²) in [6.07, 6.45) is 6.15. The van der Waals surface area contributed by atoms with E-state index >= 15 is 0 Å². The molecule has 40 heavy (non-hydrogen) atoms. The van der Waals surface area contributed by atoms with Crippen molar-refractivity contribution in [2.75, 3.05) is 29.4 Å². The molecule has 210 valence electrons. The quantitative estimate of drug-likeness (QED) is 0.380. The molecule has 0 bridgehead atoms. The minimum Gasteiger partial charge on any atom is -0.444 e. The van der Waals surface area contributed by atoms with Gasteiger partial charge < -0.3 is 24.3 Å². The van der Waals surface area contributed by atoms with Crippen molar-refractivity contribution in [3.8, 4) is 0 Å². The molecule has 5 rings (SSSR count).